The first kappa shape index (κ1) is 46.0. The summed E-state index contributed by atoms with van der Waals surface area (Å²) >= 11 is 0. The molecule has 1 aromatic rings. The summed E-state index contributed by atoms with van der Waals surface area (Å²) in [6.45, 7) is 38.2. The van der Waals surface area contributed by atoms with Crippen LogP contribution in [0.4, 0.5) is 0 Å². The van der Waals surface area contributed by atoms with Crippen molar-refractivity contribution in [1.29, 1.82) is 0 Å². The van der Waals surface area contributed by atoms with Gasteiger partial charge in [0.15, 0.2) is 0 Å². The van der Waals surface area contributed by atoms with Gasteiger partial charge in [0, 0.05) is 0 Å². The highest BCUT2D eigenvalue weighted by atomic mass is 16.5. The largest absolute Gasteiger partial charge is 0.422 e. The fourth-order valence-corrected chi connectivity index (χ4v) is 2.46. The minimum atomic E-state index is -0.651. The van der Waals surface area contributed by atoms with E-state index >= 15 is 0 Å². The lowest BCUT2D eigenvalue weighted by molar-refractivity contribution is -0.134. The monoisotopic (exact) mass is 552 g/mol. The standard InChI is InChI=1S/C26H26O4.5C2H6/c1-7-16-20(10-4)25(27)29-22(11-5)24(19(8-2)9-3)23(12-6)30-26(28)21-17-14-13-15-18-21;5*1-2/h7-18H,1-2,4-5H2,3,6H3;5*1-2H3/b19-9-,20-16+,23-12+,24-22-;;;;;. The van der Waals surface area contributed by atoms with Crippen molar-refractivity contribution in [2.24, 2.45) is 0 Å². The molecule has 0 spiro atoms. The molecule has 0 saturated heterocycles. The van der Waals surface area contributed by atoms with Crippen molar-refractivity contribution in [3.63, 3.8) is 0 Å². The molecule has 0 aromatic heterocycles. The molecule has 0 N–H and O–H groups in total. The molecule has 0 heterocycles. The van der Waals surface area contributed by atoms with Gasteiger partial charge >= 0.3 is 11.9 Å². The van der Waals surface area contributed by atoms with Gasteiger partial charge in [-0.3, -0.25) is 0 Å². The van der Waals surface area contributed by atoms with Gasteiger partial charge in [-0.25, -0.2) is 9.59 Å². The Hall–Kier alpha value is -3.92. The summed E-state index contributed by atoms with van der Waals surface area (Å²) in [5, 5.41) is 0. The molecule has 0 saturated carbocycles. The Bertz CT molecular complexity index is 956. The molecule has 40 heavy (non-hydrogen) atoms. The average Bonchev–Trinajstić information content (AvgIpc) is 3.05. The van der Waals surface area contributed by atoms with Crippen molar-refractivity contribution >= 4 is 11.9 Å². The summed E-state index contributed by atoms with van der Waals surface area (Å²) in [6.07, 6.45) is 10.6. The van der Waals surface area contributed by atoms with E-state index in [0.29, 0.717) is 16.7 Å². The highest BCUT2D eigenvalue weighted by Gasteiger charge is 2.21. The number of esters is 2. The lowest BCUT2D eigenvalue weighted by Crippen LogP contribution is -2.12. The summed E-state index contributed by atoms with van der Waals surface area (Å²) < 4.78 is 11.2. The fraction of sp³-hybridized carbons (Fsp3) is 0.333. The molecule has 0 aliphatic rings. The molecule has 0 aliphatic heterocycles. The van der Waals surface area contributed by atoms with Gasteiger partial charge in [0.05, 0.1) is 16.7 Å². The van der Waals surface area contributed by atoms with E-state index in [-0.39, 0.29) is 17.1 Å². The molecule has 0 aliphatic carbocycles. The Kier molecular flexibility index (Phi) is 40.3. The van der Waals surface area contributed by atoms with E-state index in [2.05, 4.69) is 26.3 Å². The van der Waals surface area contributed by atoms with Gasteiger partial charge in [0.25, 0.3) is 0 Å². The van der Waals surface area contributed by atoms with E-state index in [0.717, 1.165) is 0 Å². The highest BCUT2D eigenvalue weighted by Crippen LogP contribution is 2.28. The summed E-state index contributed by atoms with van der Waals surface area (Å²) in [5.74, 6) is -0.887. The first-order valence-electron chi connectivity index (χ1n) is 14.2. The number of allylic oxidation sites excluding steroid dienone is 7. The Balaban J connectivity index is -0.000000365. The van der Waals surface area contributed by atoms with Crippen LogP contribution in [-0.4, -0.2) is 11.9 Å². The zero-order chi connectivity index (χ0) is 32.5. The predicted molar refractivity (Wildman–Crippen MR) is 178 cm³/mol. The van der Waals surface area contributed by atoms with E-state index in [1.165, 1.54) is 24.3 Å². The van der Waals surface area contributed by atoms with Crippen LogP contribution in [0, 0.1) is 0 Å². The smallest absolute Gasteiger partial charge is 0.343 e. The number of rotatable bonds is 10. The Morgan fingerprint density at radius 1 is 0.650 bits per heavy atom. The molecule has 0 bridgehead atoms. The fourth-order valence-electron chi connectivity index (χ4n) is 2.46. The molecule has 0 atom stereocenters. The Morgan fingerprint density at radius 2 is 1.12 bits per heavy atom. The molecule has 1 rings (SSSR count). The van der Waals surface area contributed by atoms with Crippen LogP contribution < -0.4 is 0 Å². The third-order valence-corrected chi connectivity index (χ3v) is 3.93. The first-order valence-corrected chi connectivity index (χ1v) is 14.2. The van der Waals surface area contributed by atoms with Gasteiger partial charge in [0.2, 0.25) is 0 Å². The normalized spacial score (nSPS) is 10.4. The van der Waals surface area contributed by atoms with Gasteiger partial charge in [-0.15, -0.1) is 0 Å². The third-order valence-electron chi connectivity index (χ3n) is 3.93. The number of hydrogen-bond donors (Lipinski definition) is 0. The van der Waals surface area contributed by atoms with Crippen molar-refractivity contribution in [3.8, 4) is 0 Å². The molecule has 1 aromatic carbocycles. The maximum Gasteiger partial charge on any atom is 0.343 e. The maximum absolute atomic E-state index is 12.6. The highest BCUT2D eigenvalue weighted by molar-refractivity contribution is 5.93. The molecule has 4 nitrogen and oxygen atoms in total. The van der Waals surface area contributed by atoms with Crippen LogP contribution in [-0.2, 0) is 14.3 Å². The van der Waals surface area contributed by atoms with Crippen LogP contribution in [0.15, 0.2) is 127 Å². The van der Waals surface area contributed by atoms with Crippen molar-refractivity contribution < 1.29 is 19.1 Å². The lowest BCUT2D eigenvalue weighted by atomic mass is 10.0. The van der Waals surface area contributed by atoms with Crippen LogP contribution in [0.3, 0.4) is 0 Å². The number of ether oxygens (including phenoxy) is 2. The van der Waals surface area contributed by atoms with Crippen molar-refractivity contribution in [3.05, 3.63) is 133 Å². The molecular formula is C36H56O4. The second kappa shape index (κ2) is 35.1. The van der Waals surface area contributed by atoms with Gasteiger partial charge in [0.1, 0.15) is 11.5 Å². The quantitative estimate of drug-likeness (QED) is 0.125. The molecular weight excluding hydrogens is 496 g/mol. The molecule has 4 heteroatoms. The SMILES string of the molecule is C=C/C=C(\C=C)C(=O)O/C(C=C)=C(C(/C=C)=C\C)\C(=C/C)OC(=O)c1ccccc1.CC.CC.CC.CC.CC. The summed E-state index contributed by atoms with van der Waals surface area (Å²) in [6, 6.07) is 8.58. The molecule has 0 radical (unpaired) electrons. The van der Waals surface area contributed by atoms with Gasteiger partial charge in [-0.2, -0.15) is 0 Å². The molecule has 224 valence electrons. The molecule has 0 fully saturated rings. The van der Waals surface area contributed by atoms with E-state index in [4.69, 9.17) is 9.47 Å². The zero-order valence-electron chi connectivity index (χ0n) is 27.4. The van der Waals surface area contributed by atoms with Crippen LogP contribution in [0.5, 0.6) is 0 Å². The van der Waals surface area contributed by atoms with E-state index in [1.807, 2.05) is 69.2 Å². The van der Waals surface area contributed by atoms with Crippen LogP contribution in [0.25, 0.3) is 0 Å². The number of benzene rings is 1. The summed E-state index contributed by atoms with van der Waals surface area (Å²) in [5.41, 5.74) is 1.56. The molecule has 0 unspecified atom stereocenters. The maximum atomic E-state index is 12.6. The minimum absolute atomic E-state index is 0.110. The minimum Gasteiger partial charge on any atom is -0.422 e. The van der Waals surface area contributed by atoms with Crippen molar-refractivity contribution in [1.82, 2.24) is 0 Å². The van der Waals surface area contributed by atoms with Crippen LogP contribution in [0.1, 0.15) is 93.4 Å². The van der Waals surface area contributed by atoms with Crippen molar-refractivity contribution in [2.75, 3.05) is 0 Å². The van der Waals surface area contributed by atoms with Crippen molar-refractivity contribution in [2.45, 2.75) is 83.1 Å². The van der Waals surface area contributed by atoms with Crippen LogP contribution in [0.2, 0.25) is 0 Å². The van der Waals surface area contributed by atoms with Crippen LogP contribution >= 0.6 is 0 Å². The number of carbonyl (C=O) groups excluding carboxylic acids is 2. The Morgan fingerprint density at radius 3 is 1.48 bits per heavy atom. The Labute approximate surface area is 246 Å². The van der Waals surface area contributed by atoms with Gasteiger partial charge in [-0.1, -0.05) is 138 Å². The van der Waals surface area contributed by atoms with E-state index < -0.39 is 11.9 Å². The topological polar surface area (TPSA) is 52.6 Å². The van der Waals surface area contributed by atoms with E-state index in [1.54, 1.807) is 62.4 Å². The van der Waals surface area contributed by atoms with E-state index in [9.17, 15) is 9.59 Å². The predicted octanol–water partition coefficient (Wildman–Crippen LogP) is 11.3. The van der Waals surface area contributed by atoms with Gasteiger partial charge in [-0.05, 0) is 49.8 Å². The lowest BCUT2D eigenvalue weighted by Gasteiger charge is -2.17. The first-order chi connectivity index (χ1) is 19.5. The third kappa shape index (κ3) is 18.4. The van der Waals surface area contributed by atoms with Gasteiger partial charge < -0.3 is 9.47 Å². The molecule has 0 amide bonds. The average molecular weight is 553 g/mol. The summed E-state index contributed by atoms with van der Waals surface area (Å²) in [4.78, 5) is 25.1. The summed E-state index contributed by atoms with van der Waals surface area (Å²) in [7, 11) is 0. The second-order valence-corrected chi connectivity index (χ2v) is 5.75. The zero-order valence-corrected chi connectivity index (χ0v) is 27.4. The second-order valence-electron chi connectivity index (χ2n) is 5.75. The number of carbonyl (C=O) groups is 2. The number of hydrogen-bond acceptors (Lipinski definition) is 4.